The van der Waals surface area contributed by atoms with Gasteiger partial charge in [-0.3, -0.25) is 4.68 Å². The molecule has 3 nitrogen and oxygen atoms in total. The first-order chi connectivity index (χ1) is 5.86. The van der Waals surface area contributed by atoms with Gasteiger partial charge in [0.2, 0.25) is 0 Å². The molecule has 1 heterocycles. The Labute approximate surface area is 73.8 Å². The second-order valence-corrected chi connectivity index (χ2v) is 2.91. The van der Waals surface area contributed by atoms with E-state index in [4.69, 9.17) is 0 Å². The van der Waals surface area contributed by atoms with Crippen molar-refractivity contribution in [2.24, 2.45) is 0 Å². The molecule has 0 radical (unpaired) electrons. The molecule has 68 valence electrons. The molecule has 12 heavy (non-hydrogen) atoms. The van der Waals surface area contributed by atoms with Crippen molar-refractivity contribution < 1.29 is 0 Å². The molecule has 0 atom stereocenters. The molecule has 0 bridgehead atoms. The van der Waals surface area contributed by atoms with Gasteiger partial charge in [0, 0.05) is 12.7 Å². The summed E-state index contributed by atoms with van der Waals surface area (Å²) in [5.74, 6) is 0. The van der Waals surface area contributed by atoms with Crippen molar-refractivity contribution in [3.05, 3.63) is 18.0 Å². The summed E-state index contributed by atoms with van der Waals surface area (Å²) < 4.78 is 1.97. The molecule has 1 aromatic rings. The first-order valence-electron chi connectivity index (χ1n) is 4.52. The Morgan fingerprint density at radius 2 is 2.42 bits per heavy atom. The third kappa shape index (κ3) is 2.66. The maximum absolute atomic E-state index is 4.21. The second kappa shape index (κ2) is 4.93. The number of hydrogen-bond donors (Lipinski definition) is 1. The van der Waals surface area contributed by atoms with Crippen LogP contribution in [0.1, 0.15) is 18.9 Å². The van der Waals surface area contributed by atoms with Crippen LogP contribution in [0.5, 0.6) is 0 Å². The number of nitrogens with zero attached hydrogens (tertiary/aromatic N) is 2. The zero-order chi connectivity index (χ0) is 8.81. The van der Waals surface area contributed by atoms with Gasteiger partial charge in [0.1, 0.15) is 0 Å². The molecule has 1 N–H and O–H groups in total. The number of aromatic nitrogens is 2. The lowest BCUT2D eigenvalue weighted by Gasteiger charge is -1.96. The van der Waals surface area contributed by atoms with Gasteiger partial charge in [-0.25, -0.2) is 0 Å². The minimum atomic E-state index is 0.964. The van der Waals surface area contributed by atoms with E-state index in [2.05, 4.69) is 23.5 Å². The Morgan fingerprint density at radius 1 is 1.58 bits per heavy atom. The average molecular weight is 167 g/mol. The standard InChI is InChI=1S/C9H17N3/c1-3-12-8-9(7-11-12)5-4-6-10-2/h7-8,10H,3-6H2,1-2H3. The predicted octanol–water partition coefficient (Wildman–Crippen LogP) is 1.05. The molecule has 0 saturated heterocycles. The number of rotatable bonds is 5. The molecule has 0 aliphatic carbocycles. The minimum absolute atomic E-state index is 0.964. The SMILES string of the molecule is CCn1cc(CCCNC)cn1. The Bertz CT molecular complexity index is 217. The summed E-state index contributed by atoms with van der Waals surface area (Å²) in [7, 11) is 1.98. The fourth-order valence-corrected chi connectivity index (χ4v) is 1.18. The van der Waals surface area contributed by atoms with Gasteiger partial charge in [-0.1, -0.05) is 0 Å². The highest BCUT2D eigenvalue weighted by atomic mass is 15.3. The van der Waals surface area contributed by atoms with Gasteiger partial charge in [0.15, 0.2) is 0 Å². The number of hydrogen-bond acceptors (Lipinski definition) is 2. The van der Waals surface area contributed by atoms with Crippen LogP contribution < -0.4 is 5.32 Å². The van der Waals surface area contributed by atoms with E-state index in [1.807, 2.05) is 17.9 Å². The van der Waals surface area contributed by atoms with E-state index in [1.54, 1.807) is 0 Å². The third-order valence-corrected chi connectivity index (χ3v) is 1.90. The van der Waals surface area contributed by atoms with E-state index in [1.165, 1.54) is 12.0 Å². The summed E-state index contributed by atoms with van der Waals surface area (Å²) in [5, 5.41) is 7.34. The topological polar surface area (TPSA) is 29.9 Å². The molecule has 0 spiro atoms. The Kier molecular flexibility index (Phi) is 3.80. The molecule has 0 saturated carbocycles. The van der Waals surface area contributed by atoms with Crippen LogP contribution in [0.25, 0.3) is 0 Å². The number of nitrogens with one attached hydrogen (secondary N) is 1. The summed E-state index contributed by atoms with van der Waals surface area (Å²) in [6.07, 6.45) is 6.39. The van der Waals surface area contributed by atoms with Crippen LogP contribution in [-0.2, 0) is 13.0 Å². The summed E-state index contributed by atoms with van der Waals surface area (Å²) in [4.78, 5) is 0. The lowest BCUT2D eigenvalue weighted by Crippen LogP contribution is -2.08. The smallest absolute Gasteiger partial charge is 0.0521 e. The molecule has 1 rings (SSSR count). The first kappa shape index (κ1) is 9.26. The van der Waals surface area contributed by atoms with E-state index in [9.17, 15) is 0 Å². The minimum Gasteiger partial charge on any atom is -0.320 e. The van der Waals surface area contributed by atoms with Gasteiger partial charge in [-0.2, -0.15) is 5.10 Å². The van der Waals surface area contributed by atoms with Crippen LogP contribution in [-0.4, -0.2) is 23.4 Å². The highest BCUT2D eigenvalue weighted by Gasteiger charge is 1.95. The van der Waals surface area contributed by atoms with E-state index in [-0.39, 0.29) is 0 Å². The van der Waals surface area contributed by atoms with Crippen molar-refractivity contribution in [3.63, 3.8) is 0 Å². The maximum Gasteiger partial charge on any atom is 0.0521 e. The Hall–Kier alpha value is -0.830. The fraction of sp³-hybridized carbons (Fsp3) is 0.667. The molecule has 0 amide bonds. The van der Waals surface area contributed by atoms with Gasteiger partial charge in [-0.15, -0.1) is 0 Å². The molecule has 0 aromatic carbocycles. The molecule has 0 aliphatic rings. The van der Waals surface area contributed by atoms with E-state index in [0.717, 1.165) is 19.5 Å². The highest BCUT2D eigenvalue weighted by Crippen LogP contribution is 2.00. The summed E-state index contributed by atoms with van der Waals surface area (Å²) in [5.41, 5.74) is 1.34. The van der Waals surface area contributed by atoms with E-state index < -0.39 is 0 Å². The monoisotopic (exact) mass is 167 g/mol. The predicted molar refractivity (Wildman–Crippen MR) is 50.1 cm³/mol. The summed E-state index contributed by atoms with van der Waals surface area (Å²) in [6.45, 7) is 4.15. The van der Waals surface area contributed by atoms with E-state index in [0.29, 0.717) is 0 Å². The molecule has 0 unspecified atom stereocenters. The Morgan fingerprint density at radius 3 is 3.00 bits per heavy atom. The van der Waals surface area contributed by atoms with Gasteiger partial charge in [0.25, 0.3) is 0 Å². The zero-order valence-electron chi connectivity index (χ0n) is 7.88. The highest BCUT2D eigenvalue weighted by molar-refractivity contribution is 5.03. The van der Waals surface area contributed by atoms with Gasteiger partial charge >= 0.3 is 0 Å². The Balaban J connectivity index is 2.31. The molecular formula is C9H17N3. The van der Waals surface area contributed by atoms with Gasteiger partial charge < -0.3 is 5.32 Å². The lowest BCUT2D eigenvalue weighted by atomic mass is 10.2. The van der Waals surface area contributed by atoms with Crippen LogP contribution in [0.15, 0.2) is 12.4 Å². The zero-order valence-corrected chi connectivity index (χ0v) is 7.88. The van der Waals surface area contributed by atoms with Gasteiger partial charge in [0.05, 0.1) is 6.20 Å². The molecule has 0 fully saturated rings. The van der Waals surface area contributed by atoms with Crippen molar-refractivity contribution in [1.29, 1.82) is 0 Å². The van der Waals surface area contributed by atoms with Crippen LogP contribution in [0.3, 0.4) is 0 Å². The average Bonchev–Trinajstić information content (AvgIpc) is 2.53. The van der Waals surface area contributed by atoms with Crippen molar-refractivity contribution >= 4 is 0 Å². The summed E-state index contributed by atoms with van der Waals surface area (Å²) >= 11 is 0. The third-order valence-electron chi connectivity index (χ3n) is 1.90. The maximum atomic E-state index is 4.21. The van der Waals surface area contributed by atoms with Crippen LogP contribution >= 0.6 is 0 Å². The van der Waals surface area contributed by atoms with Gasteiger partial charge in [-0.05, 0) is 38.9 Å². The fourth-order valence-electron chi connectivity index (χ4n) is 1.18. The lowest BCUT2D eigenvalue weighted by molar-refractivity contribution is 0.658. The van der Waals surface area contributed by atoms with Crippen LogP contribution in [0.2, 0.25) is 0 Å². The van der Waals surface area contributed by atoms with Crippen molar-refractivity contribution in [1.82, 2.24) is 15.1 Å². The molecular weight excluding hydrogens is 150 g/mol. The molecule has 0 aliphatic heterocycles. The molecule has 1 aromatic heterocycles. The van der Waals surface area contributed by atoms with Crippen molar-refractivity contribution in [3.8, 4) is 0 Å². The normalized spacial score (nSPS) is 10.5. The van der Waals surface area contributed by atoms with Crippen molar-refractivity contribution in [2.75, 3.05) is 13.6 Å². The van der Waals surface area contributed by atoms with Crippen LogP contribution in [0.4, 0.5) is 0 Å². The molecule has 3 heteroatoms. The van der Waals surface area contributed by atoms with Crippen LogP contribution in [0, 0.1) is 0 Å². The van der Waals surface area contributed by atoms with Crippen molar-refractivity contribution in [2.45, 2.75) is 26.3 Å². The quantitative estimate of drug-likeness (QED) is 0.664. The second-order valence-electron chi connectivity index (χ2n) is 2.91. The summed E-state index contributed by atoms with van der Waals surface area (Å²) in [6, 6.07) is 0. The first-order valence-corrected chi connectivity index (χ1v) is 4.52. The van der Waals surface area contributed by atoms with E-state index >= 15 is 0 Å². The largest absolute Gasteiger partial charge is 0.320 e. The number of aryl methyl sites for hydroxylation is 2.